The summed E-state index contributed by atoms with van der Waals surface area (Å²) in [5, 5.41) is 13.7. The lowest BCUT2D eigenvalue weighted by Crippen LogP contribution is -2.80. The predicted molar refractivity (Wildman–Crippen MR) is 89.8 cm³/mol. The quantitative estimate of drug-likeness (QED) is 0.429. The number of carboxylic acid groups (broad SMARTS) is 1. The molecule has 0 aliphatic carbocycles. The maximum Gasteiger partial charge on any atom is 0.370 e. The molecule has 138 valence electrons. The highest BCUT2D eigenvalue weighted by Crippen LogP contribution is 2.51. The van der Waals surface area contributed by atoms with Gasteiger partial charge in [0.25, 0.3) is 11.6 Å². The number of esters is 1. The zero-order valence-corrected chi connectivity index (χ0v) is 14.8. The van der Waals surface area contributed by atoms with Gasteiger partial charge in [0.2, 0.25) is 5.91 Å². The lowest BCUT2D eigenvalue weighted by Gasteiger charge is -2.56. The first-order valence-electron chi connectivity index (χ1n) is 7.72. The van der Waals surface area contributed by atoms with Crippen LogP contribution in [0, 0.1) is 5.92 Å². The molecule has 2 amide bonds. The van der Waals surface area contributed by atoms with E-state index < -0.39 is 46.8 Å². The SMILES string of the molecule is Nc1nc(CC(=O)N[C@@H]2C(=O)N3[C@@H]2SC[C@@H]2CC(=O)O[C@@]23C(=O)O)cs1. The molecule has 12 heteroatoms. The smallest absolute Gasteiger partial charge is 0.370 e. The second-order valence-corrected chi connectivity index (χ2v) is 8.25. The van der Waals surface area contributed by atoms with Gasteiger partial charge in [0, 0.05) is 17.1 Å². The molecule has 0 saturated carbocycles. The molecule has 4 rings (SSSR count). The number of hydrogen-bond donors (Lipinski definition) is 3. The van der Waals surface area contributed by atoms with Gasteiger partial charge < -0.3 is 20.9 Å². The molecule has 3 fully saturated rings. The summed E-state index contributed by atoms with van der Waals surface area (Å²) >= 11 is 2.54. The van der Waals surface area contributed by atoms with Crippen molar-refractivity contribution >= 4 is 52.0 Å². The second kappa shape index (κ2) is 5.84. The van der Waals surface area contributed by atoms with Gasteiger partial charge in [-0.2, -0.15) is 0 Å². The van der Waals surface area contributed by atoms with Gasteiger partial charge in [0.05, 0.1) is 18.5 Å². The van der Waals surface area contributed by atoms with Gasteiger partial charge in [-0.15, -0.1) is 23.1 Å². The van der Waals surface area contributed by atoms with Crippen LogP contribution in [0.4, 0.5) is 5.13 Å². The number of anilines is 1. The molecule has 0 aromatic carbocycles. The zero-order valence-electron chi connectivity index (χ0n) is 13.2. The number of hydrogen-bond acceptors (Lipinski definition) is 9. The Morgan fingerprint density at radius 3 is 2.92 bits per heavy atom. The molecule has 0 radical (unpaired) electrons. The number of β-lactam (4-membered cyclic amide) rings is 1. The van der Waals surface area contributed by atoms with E-state index in [9.17, 15) is 24.3 Å². The first-order valence-corrected chi connectivity index (χ1v) is 9.65. The van der Waals surface area contributed by atoms with Crippen molar-refractivity contribution in [2.75, 3.05) is 11.5 Å². The van der Waals surface area contributed by atoms with Gasteiger partial charge >= 0.3 is 11.9 Å². The summed E-state index contributed by atoms with van der Waals surface area (Å²) in [6.45, 7) is 0. The summed E-state index contributed by atoms with van der Waals surface area (Å²) in [5.74, 6) is -3.25. The van der Waals surface area contributed by atoms with Crippen LogP contribution in [0.15, 0.2) is 5.38 Å². The van der Waals surface area contributed by atoms with Gasteiger partial charge in [0.15, 0.2) is 5.13 Å². The summed E-state index contributed by atoms with van der Waals surface area (Å²) < 4.78 is 5.09. The van der Waals surface area contributed by atoms with Crippen molar-refractivity contribution in [3.8, 4) is 0 Å². The summed E-state index contributed by atoms with van der Waals surface area (Å²) in [5.41, 5.74) is 4.05. The van der Waals surface area contributed by atoms with Gasteiger partial charge in [-0.05, 0) is 0 Å². The Balaban J connectivity index is 1.49. The highest BCUT2D eigenvalue weighted by atomic mass is 32.2. The average molecular weight is 398 g/mol. The monoisotopic (exact) mass is 398 g/mol. The van der Waals surface area contributed by atoms with Crippen molar-refractivity contribution in [3.05, 3.63) is 11.1 Å². The number of rotatable bonds is 4. The van der Waals surface area contributed by atoms with Gasteiger partial charge in [-0.3, -0.25) is 19.3 Å². The van der Waals surface area contributed by atoms with E-state index in [0.717, 1.165) is 4.90 Å². The predicted octanol–water partition coefficient (Wildman–Crippen LogP) is -0.988. The van der Waals surface area contributed by atoms with Gasteiger partial charge in [-0.25, -0.2) is 9.78 Å². The lowest BCUT2D eigenvalue weighted by atomic mass is 9.89. The van der Waals surface area contributed by atoms with Crippen molar-refractivity contribution in [2.24, 2.45) is 5.92 Å². The minimum Gasteiger partial charge on any atom is -0.477 e. The Kier molecular flexibility index (Phi) is 3.84. The summed E-state index contributed by atoms with van der Waals surface area (Å²) in [6.07, 6.45) is -0.0748. The number of carbonyl (C=O) groups excluding carboxylic acids is 3. The fraction of sp³-hybridized carbons (Fsp3) is 0.500. The standard InChI is InChI=1S/C14H14N4O6S2/c15-13-16-6(4-26-13)2-7(19)17-9-10(21)18-11(9)25-3-5-1-8(20)24-14(5,18)12(22)23/h4-5,9,11H,1-3H2,(H2,15,16)(H,17,19)(H,22,23)/t5-,9+,11+,14+/m0/s1. The van der Waals surface area contributed by atoms with E-state index in [0.29, 0.717) is 16.6 Å². The van der Waals surface area contributed by atoms with Crippen molar-refractivity contribution in [1.29, 1.82) is 0 Å². The Morgan fingerprint density at radius 1 is 1.50 bits per heavy atom. The molecule has 3 aliphatic rings. The molecule has 0 bridgehead atoms. The number of aliphatic carboxylic acids is 1. The van der Waals surface area contributed by atoms with Crippen LogP contribution >= 0.6 is 23.1 Å². The lowest BCUT2D eigenvalue weighted by molar-refractivity contribution is -0.216. The number of aromatic nitrogens is 1. The zero-order chi connectivity index (χ0) is 18.6. The molecule has 0 spiro atoms. The minimum absolute atomic E-state index is 0.0312. The van der Waals surface area contributed by atoms with Crippen LogP contribution in [0.2, 0.25) is 0 Å². The number of nitrogens with one attached hydrogen (secondary N) is 1. The van der Waals surface area contributed by atoms with Crippen LogP contribution in [-0.2, 0) is 30.3 Å². The largest absolute Gasteiger partial charge is 0.477 e. The van der Waals surface area contributed by atoms with Crippen molar-refractivity contribution in [3.63, 3.8) is 0 Å². The number of nitrogens with two attached hydrogens (primary N) is 1. The Morgan fingerprint density at radius 2 is 2.27 bits per heavy atom. The number of carbonyl (C=O) groups is 4. The van der Waals surface area contributed by atoms with Crippen molar-refractivity contribution in [2.45, 2.75) is 30.0 Å². The van der Waals surface area contributed by atoms with Crippen LogP contribution in [0.3, 0.4) is 0 Å². The molecule has 4 atom stereocenters. The third-order valence-corrected chi connectivity index (χ3v) is 6.78. The van der Waals surface area contributed by atoms with E-state index in [1.807, 2.05) is 0 Å². The van der Waals surface area contributed by atoms with Crippen molar-refractivity contribution < 1.29 is 29.0 Å². The molecule has 10 nitrogen and oxygen atoms in total. The first kappa shape index (κ1) is 17.1. The maximum atomic E-state index is 12.6. The van der Waals surface area contributed by atoms with Gasteiger partial charge in [0.1, 0.15) is 11.4 Å². The number of amides is 2. The summed E-state index contributed by atoms with van der Waals surface area (Å²) in [4.78, 5) is 53.3. The van der Waals surface area contributed by atoms with Crippen LogP contribution < -0.4 is 11.1 Å². The van der Waals surface area contributed by atoms with E-state index in [1.54, 1.807) is 5.38 Å². The Labute approximate surface area is 155 Å². The number of nitrogen functional groups attached to an aromatic ring is 1. The van der Waals surface area contributed by atoms with Crippen LogP contribution in [-0.4, -0.2) is 61.6 Å². The third kappa shape index (κ3) is 2.35. The molecule has 3 saturated heterocycles. The highest BCUT2D eigenvalue weighted by molar-refractivity contribution is 8.00. The molecular formula is C14H14N4O6S2. The van der Waals surface area contributed by atoms with E-state index in [4.69, 9.17) is 10.5 Å². The number of nitrogens with zero attached hydrogens (tertiary/aromatic N) is 2. The average Bonchev–Trinajstić information content (AvgIpc) is 3.13. The number of fused-ring (bicyclic) bond motifs is 3. The molecule has 3 aliphatic heterocycles. The maximum absolute atomic E-state index is 12.6. The first-order chi connectivity index (χ1) is 12.3. The Bertz CT molecular complexity index is 828. The molecule has 1 aromatic heterocycles. The number of thiazole rings is 1. The molecule has 4 N–H and O–H groups in total. The van der Waals surface area contributed by atoms with Crippen molar-refractivity contribution in [1.82, 2.24) is 15.2 Å². The second-order valence-electron chi connectivity index (χ2n) is 6.21. The third-order valence-electron chi connectivity index (χ3n) is 4.64. The van der Waals surface area contributed by atoms with Crippen LogP contribution in [0.5, 0.6) is 0 Å². The van der Waals surface area contributed by atoms with E-state index >= 15 is 0 Å². The fourth-order valence-corrected chi connectivity index (χ4v) is 5.63. The summed E-state index contributed by atoms with van der Waals surface area (Å²) in [6, 6.07) is -0.861. The van der Waals surface area contributed by atoms with Crippen LogP contribution in [0.25, 0.3) is 0 Å². The van der Waals surface area contributed by atoms with E-state index in [-0.39, 0.29) is 12.8 Å². The van der Waals surface area contributed by atoms with E-state index in [1.165, 1.54) is 23.1 Å². The number of carboxylic acids is 1. The topological polar surface area (TPSA) is 152 Å². The normalized spacial score (nSPS) is 32.3. The molecule has 1 aromatic rings. The Hall–Kier alpha value is -2.34. The van der Waals surface area contributed by atoms with Crippen LogP contribution in [0.1, 0.15) is 12.1 Å². The highest BCUT2D eigenvalue weighted by Gasteiger charge is 2.71. The summed E-state index contributed by atoms with van der Waals surface area (Å²) in [7, 11) is 0. The molecule has 26 heavy (non-hydrogen) atoms. The molecule has 0 unspecified atom stereocenters. The van der Waals surface area contributed by atoms with Gasteiger partial charge in [-0.1, -0.05) is 0 Å². The molecule has 4 heterocycles. The minimum atomic E-state index is -1.96. The van der Waals surface area contributed by atoms with E-state index in [2.05, 4.69) is 10.3 Å². The number of thioether (sulfide) groups is 1. The number of ether oxygens (including phenoxy) is 1. The fourth-order valence-electron chi connectivity index (χ4n) is 3.51. The molecular weight excluding hydrogens is 384 g/mol.